The minimum absolute atomic E-state index is 0.0664. The van der Waals surface area contributed by atoms with Crippen molar-refractivity contribution in [2.24, 2.45) is 0 Å². The van der Waals surface area contributed by atoms with Gasteiger partial charge in [-0.3, -0.25) is 4.79 Å². The molecule has 0 aliphatic carbocycles. The van der Waals surface area contributed by atoms with Crippen molar-refractivity contribution < 1.29 is 14.3 Å². The van der Waals surface area contributed by atoms with Crippen molar-refractivity contribution in [1.29, 1.82) is 0 Å². The van der Waals surface area contributed by atoms with E-state index in [-0.39, 0.29) is 12.1 Å². The molecule has 0 aromatic heterocycles. The lowest BCUT2D eigenvalue weighted by atomic mass is 10.3. The summed E-state index contributed by atoms with van der Waals surface area (Å²) in [5.41, 5.74) is 0.882. The second-order valence-electron chi connectivity index (χ2n) is 4.75. The van der Waals surface area contributed by atoms with Crippen LogP contribution in [0.3, 0.4) is 0 Å². The number of hydrogen-bond donors (Lipinski definition) is 2. The van der Waals surface area contributed by atoms with E-state index in [1.807, 2.05) is 38.1 Å². The van der Waals surface area contributed by atoms with Crippen LogP contribution in [0.1, 0.15) is 26.7 Å². The smallest absolute Gasteiger partial charge is 0.306 e. The van der Waals surface area contributed by atoms with E-state index in [2.05, 4.69) is 10.6 Å². The molecule has 6 heteroatoms. The van der Waals surface area contributed by atoms with Gasteiger partial charge in [-0.25, -0.2) is 0 Å². The fourth-order valence-electron chi connectivity index (χ4n) is 1.61. The maximum absolute atomic E-state index is 11.3. The number of carbonyl (C=O) groups is 1. The van der Waals surface area contributed by atoms with E-state index in [1.54, 1.807) is 7.11 Å². The highest BCUT2D eigenvalue weighted by Gasteiger charge is 2.05. The van der Waals surface area contributed by atoms with Crippen LogP contribution in [-0.4, -0.2) is 30.8 Å². The quantitative estimate of drug-likeness (QED) is 0.459. The van der Waals surface area contributed by atoms with Gasteiger partial charge in [0, 0.05) is 18.7 Å². The number of nitrogens with one attached hydrogen (secondary N) is 2. The molecule has 0 aliphatic rings. The Hall–Kier alpha value is -1.82. The number of anilines is 1. The molecule has 1 aromatic rings. The molecule has 0 aliphatic heterocycles. The van der Waals surface area contributed by atoms with Crippen LogP contribution in [0.5, 0.6) is 5.75 Å². The molecule has 0 saturated heterocycles. The average molecular weight is 310 g/mol. The molecule has 0 heterocycles. The summed E-state index contributed by atoms with van der Waals surface area (Å²) in [7, 11) is 1.62. The van der Waals surface area contributed by atoms with Crippen molar-refractivity contribution in [1.82, 2.24) is 5.32 Å². The van der Waals surface area contributed by atoms with Gasteiger partial charge in [-0.05, 0) is 56.8 Å². The molecule has 0 amide bonds. The maximum Gasteiger partial charge on any atom is 0.306 e. The summed E-state index contributed by atoms with van der Waals surface area (Å²) in [6, 6.07) is 7.47. The van der Waals surface area contributed by atoms with Gasteiger partial charge >= 0.3 is 5.97 Å². The molecule has 5 nitrogen and oxygen atoms in total. The van der Waals surface area contributed by atoms with Crippen molar-refractivity contribution in [2.75, 3.05) is 19.0 Å². The second kappa shape index (κ2) is 9.18. The molecule has 116 valence electrons. The van der Waals surface area contributed by atoms with Crippen LogP contribution in [0.4, 0.5) is 5.69 Å². The number of ether oxygens (including phenoxy) is 2. The van der Waals surface area contributed by atoms with Gasteiger partial charge in [-0.15, -0.1) is 0 Å². The number of thiocarbonyl (C=S) groups is 1. The summed E-state index contributed by atoms with van der Waals surface area (Å²) in [4.78, 5) is 11.3. The topological polar surface area (TPSA) is 59.6 Å². The SMILES string of the molecule is COc1ccc(NC(=S)NCCCC(=O)OC(C)C)cc1. The van der Waals surface area contributed by atoms with Crippen molar-refractivity contribution in [3.05, 3.63) is 24.3 Å². The Balaban J connectivity index is 2.20. The van der Waals surface area contributed by atoms with Crippen LogP contribution in [0.2, 0.25) is 0 Å². The fraction of sp³-hybridized carbons (Fsp3) is 0.467. The summed E-state index contributed by atoms with van der Waals surface area (Å²) >= 11 is 5.18. The number of methoxy groups -OCH3 is 1. The Kier molecular flexibility index (Phi) is 7.53. The summed E-state index contributed by atoms with van der Waals surface area (Å²) in [5.74, 6) is 0.615. The largest absolute Gasteiger partial charge is 0.497 e. The standard InChI is InChI=1S/C15H22N2O3S/c1-11(2)20-14(18)5-4-10-16-15(21)17-12-6-8-13(19-3)9-7-12/h6-9,11H,4-5,10H2,1-3H3,(H2,16,17,21). The van der Waals surface area contributed by atoms with Gasteiger partial charge in [0.05, 0.1) is 13.2 Å². The first-order chi connectivity index (χ1) is 10.0. The number of hydrogen-bond acceptors (Lipinski definition) is 4. The highest BCUT2D eigenvalue weighted by molar-refractivity contribution is 7.80. The number of benzene rings is 1. The van der Waals surface area contributed by atoms with Crippen LogP contribution in [0, 0.1) is 0 Å². The van der Waals surface area contributed by atoms with E-state index in [4.69, 9.17) is 21.7 Å². The Morgan fingerprint density at radius 3 is 2.52 bits per heavy atom. The lowest BCUT2D eigenvalue weighted by molar-refractivity contribution is -0.147. The van der Waals surface area contributed by atoms with Gasteiger partial charge in [0.25, 0.3) is 0 Å². The van der Waals surface area contributed by atoms with Gasteiger partial charge in [-0.2, -0.15) is 0 Å². The van der Waals surface area contributed by atoms with Crippen LogP contribution in [-0.2, 0) is 9.53 Å². The minimum Gasteiger partial charge on any atom is -0.497 e. The first kappa shape index (κ1) is 17.2. The number of carbonyl (C=O) groups excluding carboxylic acids is 1. The Labute approximate surface area is 131 Å². The zero-order chi connectivity index (χ0) is 15.7. The van der Waals surface area contributed by atoms with E-state index in [0.29, 0.717) is 24.5 Å². The van der Waals surface area contributed by atoms with Crippen molar-refractivity contribution in [3.63, 3.8) is 0 Å². The number of rotatable bonds is 7. The minimum atomic E-state index is -0.180. The van der Waals surface area contributed by atoms with E-state index in [0.717, 1.165) is 11.4 Å². The Morgan fingerprint density at radius 1 is 1.29 bits per heavy atom. The predicted octanol–water partition coefficient (Wildman–Crippen LogP) is 2.71. The average Bonchev–Trinajstić information content (AvgIpc) is 2.44. The monoisotopic (exact) mass is 310 g/mol. The van der Waals surface area contributed by atoms with Gasteiger partial charge < -0.3 is 20.1 Å². The summed E-state index contributed by atoms with van der Waals surface area (Å²) in [5, 5.41) is 6.64. The molecule has 0 bridgehead atoms. The molecule has 21 heavy (non-hydrogen) atoms. The Morgan fingerprint density at radius 2 is 1.95 bits per heavy atom. The van der Waals surface area contributed by atoms with Gasteiger partial charge in [0.15, 0.2) is 5.11 Å². The molecule has 0 fully saturated rings. The highest BCUT2D eigenvalue weighted by atomic mass is 32.1. The van der Waals surface area contributed by atoms with Gasteiger partial charge in [0.2, 0.25) is 0 Å². The van der Waals surface area contributed by atoms with E-state index >= 15 is 0 Å². The first-order valence-corrected chi connectivity index (χ1v) is 7.30. The molecule has 0 unspecified atom stereocenters. The van der Waals surface area contributed by atoms with Crippen LogP contribution in [0.25, 0.3) is 0 Å². The first-order valence-electron chi connectivity index (χ1n) is 6.89. The molecule has 1 rings (SSSR count). The molecule has 0 atom stereocenters. The highest BCUT2D eigenvalue weighted by Crippen LogP contribution is 2.14. The van der Waals surface area contributed by atoms with Crippen LogP contribution < -0.4 is 15.4 Å². The maximum atomic E-state index is 11.3. The molecule has 2 N–H and O–H groups in total. The second-order valence-corrected chi connectivity index (χ2v) is 5.16. The summed E-state index contributed by atoms with van der Waals surface area (Å²) in [6.45, 7) is 4.29. The van der Waals surface area contributed by atoms with Crippen molar-refractivity contribution >= 4 is 29.0 Å². The molecule has 1 aromatic carbocycles. The molecule has 0 spiro atoms. The summed E-state index contributed by atoms with van der Waals surface area (Å²) < 4.78 is 10.1. The van der Waals surface area contributed by atoms with E-state index in [1.165, 1.54) is 0 Å². The zero-order valence-corrected chi connectivity index (χ0v) is 13.5. The predicted molar refractivity (Wildman–Crippen MR) is 87.7 cm³/mol. The lowest BCUT2D eigenvalue weighted by Gasteiger charge is -2.11. The van der Waals surface area contributed by atoms with Crippen molar-refractivity contribution in [3.8, 4) is 5.75 Å². The van der Waals surface area contributed by atoms with Gasteiger partial charge in [-0.1, -0.05) is 0 Å². The normalized spacial score (nSPS) is 10.1. The summed E-state index contributed by atoms with van der Waals surface area (Å²) in [6.07, 6.45) is 0.995. The van der Waals surface area contributed by atoms with Crippen LogP contribution >= 0.6 is 12.2 Å². The zero-order valence-electron chi connectivity index (χ0n) is 12.6. The third-order valence-corrected chi connectivity index (χ3v) is 2.80. The van der Waals surface area contributed by atoms with Crippen LogP contribution in [0.15, 0.2) is 24.3 Å². The fourth-order valence-corrected chi connectivity index (χ4v) is 1.83. The molecule has 0 saturated carbocycles. The molecular weight excluding hydrogens is 288 g/mol. The molecular formula is C15H22N2O3S. The Bertz CT molecular complexity index is 460. The van der Waals surface area contributed by atoms with Gasteiger partial charge in [0.1, 0.15) is 5.75 Å². The number of esters is 1. The van der Waals surface area contributed by atoms with E-state index in [9.17, 15) is 4.79 Å². The van der Waals surface area contributed by atoms with Crippen molar-refractivity contribution in [2.45, 2.75) is 32.8 Å². The third kappa shape index (κ3) is 7.51. The third-order valence-electron chi connectivity index (χ3n) is 2.56. The molecule has 0 radical (unpaired) electrons. The lowest BCUT2D eigenvalue weighted by Crippen LogP contribution is -2.29. The van der Waals surface area contributed by atoms with E-state index < -0.39 is 0 Å².